The largest absolute Gasteiger partial charge is 0.338 e. The second kappa shape index (κ2) is 4.66. The number of nitrogens with one attached hydrogen (secondary N) is 1. The highest BCUT2D eigenvalue weighted by Gasteiger charge is 2.26. The van der Waals surface area contributed by atoms with E-state index in [4.69, 9.17) is 11.6 Å². The van der Waals surface area contributed by atoms with Crippen molar-refractivity contribution in [3.8, 4) is 0 Å². The van der Waals surface area contributed by atoms with Crippen molar-refractivity contribution < 1.29 is 4.79 Å². The van der Waals surface area contributed by atoms with Crippen molar-refractivity contribution >= 4 is 17.5 Å². The van der Waals surface area contributed by atoms with Crippen molar-refractivity contribution in [1.82, 2.24) is 15.1 Å². The van der Waals surface area contributed by atoms with Crippen molar-refractivity contribution in [2.24, 2.45) is 5.92 Å². The number of carbonyl (C=O) groups excluding carboxylic acids is 1. The van der Waals surface area contributed by atoms with Gasteiger partial charge >= 0.3 is 0 Å². The molecule has 82 valence electrons. The Balaban J connectivity index is 1.93. The summed E-state index contributed by atoms with van der Waals surface area (Å²) in [7, 11) is 0. The van der Waals surface area contributed by atoms with Crippen LogP contribution in [0.25, 0.3) is 0 Å². The Labute approximate surface area is 93.6 Å². The highest BCUT2D eigenvalue weighted by atomic mass is 35.5. The van der Waals surface area contributed by atoms with Gasteiger partial charge in [-0.2, -0.15) is 5.10 Å². The second-order valence-corrected chi connectivity index (χ2v) is 4.25. The average molecular weight is 228 g/mol. The molecule has 0 bridgehead atoms. The first-order chi connectivity index (χ1) is 7.31. The van der Waals surface area contributed by atoms with Gasteiger partial charge in [0.05, 0.1) is 11.8 Å². The normalized spacial score (nSPS) is 20.9. The van der Waals surface area contributed by atoms with Crippen LogP contribution in [0, 0.1) is 5.92 Å². The molecular weight excluding hydrogens is 214 g/mol. The number of alkyl halides is 1. The first-order valence-corrected chi connectivity index (χ1v) is 5.68. The minimum Gasteiger partial charge on any atom is -0.338 e. The van der Waals surface area contributed by atoms with Gasteiger partial charge in [0.25, 0.3) is 5.91 Å². The van der Waals surface area contributed by atoms with Gasteiger partial charge in [0, 0.05) is 25.2 Å². The van der Waals surface area contributed by atoms with E-state index in [2.05, 4.69) is 10.2 Å². The fourth-order valence-corrected chi connectivity index (χ4v) is 2.27. The van der Waals surface area contributed by atoms with Crippen LogP contribution in [0.15, 0.2) is 12.4 Å². The Morgan fingerprint density at radius 2 is 2.60 bits per heavy atom. The molecule has 1 amide bonds. The molecule has 0 spiro atoms. The van der Waals surface area contributed by atoms with Gasteiger partial charge in [0.2, 0.25) is 0 Å². The number of H-pyrrole nitrogens is 1. The van der Waals surface area contributed by atoms with Gasteiger partial charge in [0.15, 0.2) is 0 Å². The zero-order chi connectivity index (χ0) is 10.7. The lowest BCUT2D eigenvalue weighted by Crippen LogP contribution is -2.28. The summed E-state index contributed by atoms with van der Waals surface area (Å²) < 4.78 is 0. The van der Waals surface area contributed by atoms with Crippen LogP contribution in [0.1, 0.15) is 23.2 Å². The van der Waals surface area contributed by atoms with E-state index in [0.29, 0.717) is 17.4 Å². The van der Waals surface area contributed by atoms with Gasteiger partial charge in [-0.05, 0) is 18.8 Å². The lowest BCUT2D eigenvalue weighted by atomic mass is 10.1. The van der Waals surface area contributed by atoms with Gasteiger partial charge in [-0.1, -0.05) is 0 Å². The van der Waals surface area contributed by atoms with Crippen molar-refractivity contribution in [2.45, 2.75) is 12.8 Å². The maximum atomic E-state index is 11.9. The van der Waals surface area contributed by atoms with Gasteiger partial charge in [-0.15, -0.1) is 11.6 Å². The standard InChI is InChI=1S/C10H14ClN3O/c11-3-1-8-2-4-14(7-8)10(15)9-5-12-13-6-9/h5-6,8H,1-4,7H2,(H,12,13). The molecule has 2 heterocycles. The molecule has 1 aliphatic heterocycles. The molecule has 1 fully saturated rings. The summed E-state index contributed by atoms with van der Waals surface area (Å²) in [5, 5.41) is 6.43. The van der Waals surface area contributed by atoms with Crippen LogP contribution in [0.2, 0.25) is 0 Å². The predicted molar refractivity (Wildman–Crippen MR) is 57.9 cm³/mol. The maximum absolute atomic E-state index is 11.9. The number of halogens is 1. The topological polar surface area (TPSA) is 49.0 Å². The molecule has 1 unspecified atom stereocenters. The Hall–Kier alpha value is -1.03. The summed E-state index contributed by atoms with van der Waals surface area (Å²) in [5.74, 6) is 1.32. The zero-order valence-corrected chi connectivity index (χ0v) is 9.20. The number of carbonyl (C=O) groups is 1. The molecule has 4 nitrogen and oxygen atoms in total. The molecule has 1 atom stereocenters. The number of nitrogens with zero attached hydrogens (tertiary/aromatic N) is 2. The fraction of sp³-hybridized carbons (Fsp3) is 0.600. The van der Waals surface area contributed by atoms with Crippen LogP contribution in [0.4, 0.5) is 0 Å². The van der Waals surface area contributed by atoms with Gasteiger partial charge in [0.1, 0.15) is 0 Å². The smallest absolute Gasteiger partial charge is 0.257 e. The van der Waals surface area contributed by atoms with Crippen LogP contribution in [0.5, 0.6) is 0 Å². The molecule has 1 aromatic rings. The maximum Gasteiger partial charge on any atom is 0.257 e. The Kier molecular flexibility index (Phi) is 3.26. The highest BCUT2D eigenvalue weighted by molar-refractivity contribution is 6.17. The number of aromatic amines is 1. The van der Waals surface area contributed by atoms with E-state index < -0.39 is 0 Å². The van der Waals surface area contributed by atoms with Crippen LogP contribution in [0.3, 0.4) is 0 Å². The Morgan fingerprint density at radius 3 is 3.27 bits per heavy atom. The number of amides is 1. The first kappa shape index (κ1) is 10.5. The lowest BCUT2D eigenvalue weighted by molar-refractivity contribution is 0.0787. The molecule has 1 saturated heterocycles. The molecule has 1 aromatic heterocycles. The number of rotatable bonds is 3. The molecule has 15 heavy (non-hydrogen) atoms. The zero-order valence-electron chi connectivity index (χ0n) is 8.45. The van der Waals surface area contributed by atoms with Gasteiger partial charge < -0.3 is 4.90 Å². The molecule has 0 radical (unpaired) electrons. The summed E-state index contributed by atoms with van der Waals surface area (Å²) >= 11 is 5.69. The SMILES string of the molecule is O=C(c1cn[nH]c1)N1CCC(CCCl)C1. The third-order valence-corrected chi connectivity index (χ3v) is 3.05. The van der Waals surface area contributed by atoms with Crippen LogP contribution >= 0.6 is 11.6 Å². The molecule has 0 aromatic carbocycles. The third kappa shape index (κ3) is 2.31. The summed E-state index contributed by atoms with van der Waals surface area (Å²) in [6.07, 6.45) is 5.27. The molecule has 0 aliphatic carbocycles. The average Bonchev–Trinajstić information content (AvgIpc) is 2.87. The minimum atomic E-state index is 0.0702. The summed E-state index contributed by atoms with van der Waals surface area (Å²) in [5.41, 5.74) is 0.640. The summed E-state index contributed by atoms with van der Waals surface area (Å²) in [6, 6.07) is 0. The number of hydrogen-bond donors (Lipinski definition) is 1. The third-order valence-electron chi connectivity index (χ3n) is 2.84. The van der Waals surface area contributed by atoms with Crippen molar-refractivity contribution in [3.63, 3.8) is 0 Å². The van der Waals surface area contributed by atoms with E-state index in [0.717, 1.165) is 25.9 Å². The fourth-order valence-electron chi connectivity index (χ4n) is 1.96. The highest BCUT2D eigenvalue weighted by Crippen LogP contribution is 2.21. The van der Waals surface area contributed by atoms with Crippen LogP contribution in [-0.2, 0) is 0 Å². The Bertz CT molecular complexity index is 325. The monoisotopic (exact) mass is 227 g/mol. The minimum absolute atomic E-state index is 0.0702. The van der Waals surface area contributed by atoms with Crippen LogP contribution in [-0.4, -0.2) is 40.0 Å². The molecule has 1 N–H and O–H groups in total. The predicted octanol–water partition coefficient (Wildman–Crippen LogP) is 1.50. The number of aromatic nitrogens is 2. The van der Waals surface area contributed by atoms with Crippen LogP contribution < -0.4 is 0 Å². The van der Waals surface area contributed by atoms with Crippen molar-refractivity contribution in [3.05, 3.63) is 18.0 Å². The molecule has 1 aliphatic rings. The van der Waals surface area contributed by atoms with Gasteiger partial charge in [-0.3, -0.25) is 9.89 Å². The van der Waals surface area contributed by atoms with E-state index in [1.165, 1.54) is 0 Å². The summed E-state index contributed by atoms with van der Waals surface area (Å²) in [4.78, 5) is 13.8. The van der Waals surface area contributed by atoms with E-state index in [1.807, 2.05) is 4.90 Å². The summed E-state index contributed by atoms with van der Waals surface area (Å²) in [6.45, 7) is 1.67. The number of hydrogen-bond acceptors (Lipinski definition) is 2. The van der Waals surface area contributed by atoms with E-state index in [1.54, 1.807) is 12.4 Å². The van der Waals surface area contributed by atoms with E-state index in [9.17, 15) is 4.79 Å². The molecule has 0 saturated carbocycles. The van der Waals surface area contributed by atoms with E-state index in [-0.39, 0.29) is 5.91 Å². The number of likely N-dealkylation sites (tertiary alicyclic amines) is 1. The first-order valence-electron chi connectivity index (χ1n) is 5.15. The lowest BCUT2D eigenvalue weighted by Gasteiger charge is -2.14. The van der Waals surface area contributed by atoms with Gasteiger partial charge in [-0.25, -0.2) is 0 Å². The quantitative estimate of drug-likeness (QED) is 0.796. The molecular formula is C10H14ClN3O. The molecule has 2 rings (SSSR count). The molecule has 5 heteroatoms. The van der Waals surface area contributed by atoms with E-state index >= 15 is 0 Å². The van der Waals surface area contributed by atoms with Crippen molar-refractivity contribution in [2.75, 3.05) is 19.0 Å². The second-order valence-electron chi connectivity index (χ2n) is 3.87. The Morgan fingerprint density at radius 1 is 1.73 bits per heavy atom. The van der Waals surface area contributed by atoms with Crippen molar-refractivity contribution in [1.29, 1.82) is 0 Å².